The van der Waals surface area contributed by atoms with Crippen LogP contribution in [0.1, 0.15) is 36.6 Å². The number of halogens is 4. The molecule has 1 aromatic carbocycles. The number of nitrogens with one attached hydrogen (secondary N) is 2. The number of aryl methyl sites for hydroxylation is 1. The molecule has 35 heavy (non-hydrogen) atoms. The number of benzene rings is 1. The van der Waals surface area contributed by atoms with Gasteiger partial charge >= 0.3 is 6.18 Å². The van der Waals surface area contributed by atoms with E-state index >= 15 is 0 Å². The molecule has 0 bridgehead atoms. The van der Waals surface area contributed by atoms with Crippen molar-refractivity contribution in [2.45, 2.75) is 37.8 Å². The van der Waals surface area contributed by atoms with Crippen molar-refractivity contribution >= 4 is 29.0 Å². The number of anilines is 1. The zero-order valence-corrected chi connectivity index (χ0v) is 19.0. The fourth-order valence-electron chi connectivity index (χ4n) is 4.29. The molecule has 1 unspecified atom stereocenters. The minimum atomic E-state index is -4.27. The second-order valence-corrected chi connectivity index (χ2v) is 8.86. The molecule has 4 heterocycles. The number of hydrogen-bond acceptors (Lipinski definition) is 5. The summed E-state index contributed by atoms with van der Waals surface area (Å²) in [5.41, 5.74) is -0.105. The van der Waals surface area contributed by atoms with Gasteiger partial charge in [0.25, 0.3) is 5.56 Å². The van der Waals surface area contributed by atoms with E-state index in [2.05, 4.69) is 25.3 Å². The molecule has 0 spiro atoms. The molecule has 1 aliphatic heterocycles. The fraction of sp³-hybridized carbons (Fsp3) is 0.261. The topological polar surface area (TPSA) is 105 Å². The third-order valence-electron chi connectivity index (χ3n) is 6.09. The maximum absolute atomic E-state index is 13.2. The van der Waals surface area contributed by atoms with Crippen LogP contribution >= 0.6 is 11.6 Å². The summed E-state index contributed by atoms with van der Waals surface area (Å²) >= 11 is 5.97. The van der Waals surface area contributed by atoms with Crippen molar-refractivity contribution < 1.29 is 18.0 Å². The first kappa shape index (κ1) is 23.0. The van der Waals surface area contributed by atoms with Crippen LogP contribution < -0.4 is 10.9 Å². The number of carbonyl (C=O) groups excluding carboxylic acids is 1. The lowest BCUT2D eigenvalue weighted by atomic mass is 9.78. The van der Waals surface area contributed by atoms with E-state index in [1.807, 2.05) is 0 Å². The van der Waals surface area contributed by atoms with Crippen molar-refractivity contribution in [3.05, 3.63) is 75.1 Å². The van der Waals surface area contributed by atoms with Gasteiger partial charge < -0.3 is 14.7 Å². The first-order valence-corrected chi connectivity index (χ1v) is 11.1. The van der Waals surface area contributed by atoms with Gasteiger partial charge in [-0.05, 0) is 37.5 Å². The standard InChI is InChI=1S/C23H18ClF3N6O2/c1-22(12-4-6-13(24)7-5-12)16-18(32-21(22)35)30-17(31-20(16)34)15-11-33-10-9-28-19(33)14(29-15)3-2-8-23(25,26)27/h4-7,9-11H,2-3,8H2,1H3,(H2,30,31,32,34,35). The van der Waals surface area contributed by atoms with E-state index in [0.717, 1.165) is 0 Å². The number of alkyl halides is 3. The first-order chi connectivity index (χ1) is 16.6. The average molecular weight is 503 g/mol. The number of nitrogens with zero attached hydrogens (tertiary/aromatic N) is 4. The summed E-state index contributed by atoms with van der Waals surface area (Å²) in [6.07, 6.45) is -0.653. The zero-order valence-electron chi connectivity index (χ0n) is 18.3. The van der Waals surface area contributed by atoms with Crippen molar-refractivity contribution in [1.29, 1.82) is 0 Å². The number of H-pyrrole nitrogens is 1. The van der Waals surface area contributed by atoms with Crippen molar-refractivity contribution in [2.24, 2.45) is 0 Å². The van der Waals surface area contributed by atoms with Crippen LogP contribution in [0.3, 0.4) is 0 Å². The van der Waals surface area contributed by atoms with E-state index in [-0.39, 0.29) is 35.7 Å². The van der Waals surface area contributed by atoms with Gasteiger partial charge in [-0.25, -0.2) is 15.0 Å². The smallest absolute Gasteiger partial charge is 0.309 e. The Kier molecular flexibility index (Phi) is 5.39. The van der Waals surface area contributed by atoms with Crippen LogP contribution in [-0.2, 0) is 16.6 Å². The van der Waals surface area contributed by atoms with Crippen LogP contribution in [0, 0.1) is 0 Å². The molecule has 1 amide bonds. The second kappa shape index (κ2) is 8.19. The monoisotopic (exact) mass is 502 g/mol. The lowest BCUT2D eigenvalue weighted by molar-refractivity contribution is -0.135. The van der Waals surface area contributed by atoms with Crippen molar-refractivity contribution in [1.82, 2.24) is 24.3 Å². The summed E-state index contributed by atoms with van der Waals surface area (Å²) in [4.78, 5) is 41.9. The molecular formula is C23H18ClF3N6O2. The molecule has 1 aliphatic rings. The van der Waals surface area contributed by atoms with Crippen LogP contribution in [0.4, 0.5) is 19.0 Å². The number of aromatic amines is 1. The highest BCUT2D eigenvalue weighted by molar-refractivity contribution is 6.30. The molecule has 0 radical (unpaired) electrons. The summed E-state index contributed by atoms with van der Waals surface area (Å²) in [5, 5.41) is 3.17. The van der Waals surface area contributed by atoms with E-state index in [1.54, 1.807) is 48.0 Å². The third-order valence-corrected chi connectivity index (χ3v) is 6.34. The molecule has 12 heteroatoms. The minimum absolute atomic E-state index is 0.0361. The number of amides is 1. The first-order valence-electron chi connectivity index (χ1n) is 10.7. The lowest BCUT2D eigenvalue weighted by Crippen LogP contribution is -2.36. The number of rotatable bonds is 5. The van der Waals surface area contributed by atoms with Gasteiger partial charge in [-0.3, -0.25) is 9.59 Å². The predicted molar refractivity (Wildman–Crippen MR) is 122 cm³/mol. The van der Waals surface area contributed by atoms with Gasteiger partial charge in [0, 0.05) is 30.0 Å². The van der Waals surface area contributed by atoms with E-state index < -0.39 is 29.5 Å². The Morgan fingerprint density at radius 1 is 1.14 bits per heavy atom. The molecule has 8 nitrogen and oxygen atoms in total. The summed E-state index contributed by atoms with van der Waals surface area (Å²) in [7, 11) is 0. The van der Waals surface area contributed by atoms with Crippen LogP contribution in [0.15, 0.2) is 47.7 Å². The number of carbonyl (C=O) groups is 1. The zero-order chi connectivity index (χ0) is 25.0. The minimum Gasteiger partial charge on any atom is -0.309 e. The average Bonchev–Trinajstić information content (AvgIpc) is 3.36. The highest BCUT2D eigenvalue weighted by Crippen LogP contribution is 2.40. The Hall–Kier alpha value is -3.73. The molecule has 180 valence electrons. The van der Waals surface area contributed by atoms with Crippen LogP contribution in [0.2, 0.25) is 5.02 Å². The molecule has 0 saturated heterocycles. The molecule has 3 aromatic heterocycles. The number of aromatic nitrogens is 5. The van der Waals surface area contributed by atoms with E-state index in [0.29, 0.717) is 21.9 Å². The van der Waals surface area contributed by atoms with Crippen molar-refractivity contribution in [3.8, 4) is 11.5 Å². The molecule has 0 aliphatic carbocycles. The molecule has 0 fully saturated rings. The predicted octanol–water partition coefficient (Wildman–Crippen LogP) is 4.28. The third kappa shape index (κ3) is 4.05. The SMILES string of the molecule is CC1(c2ccc(Cl)cc2)C(=O)Nc2nc(-c3cn4ccnc4c(CCCC(F)(F)F)n3)[nH]c(=O)c21. The van der Waals surface area contributed by atoms with Crippen molar-refractivity contribution in [2.75, 3.05) is 5.32 Å². The number of hydrogen-bond donors (Lipinski definition) is 2. The van der Waals surface area contributed by atoms with Gasteiger partial charge in [0.2, 0.25) is 5.91 Å². The second-order valence-electron chi connectivity index (χ2n) is 8.42. The van der Waals surface area contributed by atoms with Gasteiger partial charge in [-0.2, -0.15) is 13.2 Å². The van der Waals surface area contributed by atoms with Crippen LogP contribution in [0.25, 0.3) is 17.2 Å². The summed E-state index contributed by atoms with van der Waals surface area (Å²) in [6.45, 7) is 1.63. The Morgan fingerprint density at radius 3 is 2.60 bits per heavy atom. The highest BCUT2D eigenvalue weighted by Gasteiger charge is 2.47. The molecule has 2 N–H and O–H groups in total. The molecule has 0 saturated carbocycles. The van der Waals surface area contributed by atoms with Gasteiger partial charge in [0.15, 0.2) is 11.5 Å². The fourth-order valence-corrected chi connectivity index (χ4v) is 4.41. The van der Waals surface area contributed by atoms with E-state index in [1.165, 1.54) is 6.20 Å². The summed E-state index contributed by atoms with van der Waals surface area (Å²) < 4.78 is 39.5. The molecule has 5 rings (SSSR count). The molecule has 1 atom stereocenters. The van der Waals surface area contributed by atoms with Gasteiger partial charge in [-0.15, -0.1) is 0 Å². The lowest BCUT2D eigenvalue weighted by Gasteiger charge is -2.21. The van der Waals surface area contributed by atoms with E-state index in [9.17, 15) is 22.8 Å². The van der Waals surface area contributed by atoms with Gasteiger partial charge in [-0.1, -0.05) is 23.7 Å². The maximum atomic E-state index is 13.2. The maximum Gasteiger partial charge on any atom is 0.389 e. The Morgan fingerprint density at radius 2 is 1.89 bits per heavy atom. The normalized spacial score (nSPS) is 17.6. The molecule has 4 aromatic rings. The van der Waals surface area contributed by atoms with Gasteiger partial charge in [0.05, 0.1) is 11.3 Å². The Labute approximate surface area is 201 Å². The van der Waals surface area contributed by atoms with Crippen molar-refractivity contribution in [3.63, 3.8) is 0 Å². The van der Waals surface area contributed by atoms with Gasteiger partial charge in [0.1, 0.15) is 16.9 Å². The Bertz CT molecular complexity index is 1510. The van der Waals surface area contributed by atoms with E-state index in [4.69, 9.17) is 11.6 Å². The highest BCUT2D eigenvalue weighted by atomic mass is 35.5. The largest absolute Gasteiger partial charge is 0.389 e. The number of imidazole rings is 1. The quantitative estimate of drug-likeness (QED) is 0.424. The summed E-state index contributed by atoms with van der Waals surface area (Å²) in [5.74, 6) is -0.254. The molecular weight excluding hydrogens is 485 g/mol. The summed E-state index contributed by atoms with van der Waals surface area (Å²) in [6, 6.07) is 6.61. The van der Waals surface area contributed by atoms with Crippen LogP contribution in [0.5, 0.6) is 0 Å². The number of fused-ring (bicyclic) bond motifs is 2. The van der Waals surface area contributed by atoms with Crippen LogP contribution in [-0.4, -0.2) is 36.4 Å². The Balaban J connectivity index is 1.57.